The minimum absolute atomic E-state index is 0.733. The van der Waals surface area contributed by atoms with Gasteiger partial charge in [-0.1, -0.05) is 12.1 Å². The van der Waals surface area contributed by atoms with Crippen LogP contribution in [0.15, 0.2) is 24.3 Å². The maximum absolute atomic E-state index is 8.98. The molecule has 3 nitrogen and oxygen atoms in total. The summed E-state index contributed by atoms with van der Waals surface area (Å²) >= 11 is 0. The van der Waals surface area contributed by atoms with Gasteiger partial charge < -0.3 is 9.64 Å². The molecule has 0 atom stereocenters. The van der Waals surface area contributed by atoms with Crippen LogP contribution in [-0.2, 0) is 4.74 Å². The molecule has 0 aliphatic heterocycles. The van der Waals surface area contributed by atoms with Gasteiger partial charge in [-0.3, -0.25) is 0 Å². The van der Waals surface area contributed by atoms with Gasteiger partial charge in [0.15, 0.2) is 0 Å². The van der Waals surface area contributed by atoms with Crippen molar-refractivity contribution in [2.75, 3.05) is 32.2 Å². The molecule has 0 aliphatic rings. The number of benzene rings is 1. The van der Waals surface area contributed by atoms with Gasteiger partial charge in [-0.15, -0.1) is 0 Å². The minimum Gasteiger partial charge on any atom is -0.385 e. The number of anilines is 1. The van der Waals surface area contributed by atoms with E-state index in [1.807, 2.05) is 31.3 Å². The van der Waals surface area contributed by atoms with Crippen molar-refractivity contribution in [3.63, 3.8) is 0 Å². The highest BCUT2D eigenvalue weighted by molar-refractivity contribution is 5.58. The van der Waals surface area contributed by atoms with Crippen molar-refractivity contribution in [1.82, 2.24) is 0 Å². The number of hydrogen-bond acceptors (Lipinski definition) is 3. The lowest BCUT2D eigenvalue weighted by atomic mass is 10.1. The Labute approximate surface area is 97.3 Å². The van der Waals surface area contributed by atoms with Gasteiger partial charge in [0.05, 0.1) is 11.3 Å². The zero-order valence-electron chi connectivity index (χ0n) is 9.94. The number of hydrogen-bond donors (Lipinski definition) is 0. The summed E-state index contributed by atoms with van der Waals surface area (Å²) in [5, 5.41) is 8.98. The molecule has 86 valence electrons. The summed E-state index contributed by atoms with van der Waals surface area (Å²) in [6.07, 6.45) is 2.12. The van der Waals surface area contributed by atoms with Crippen LogP contribution >= 0.6 is 0 Å². The number of unbranched alkanes of at least 4 members (excludes halogenated alkanes) is 1. The predicted octanol–water partition coefficient (Wildman–Crippen LogP) is 2.42. The molecule has 0 heterocycles. The molecule has 1 rings (SSSR count). The minimum atomic E-state index is 0.733. The van der Waals surface area contributed by atoms with Crippen LogP contribution in [0.2, 0.25) is 0 Å². The number of nitriles is 1. The van der Waals surface area contributed by atoms with Crippen molar-refractivity contribution in [1.29, 1.82) is 5.26 Å². The standard InChI is InChI=1S/C13H18N2O/c1-15(9-5-6-10-16-2)13-8-4-3-7-12(13)11-14/h3-4,7-8H,5-6,9-10H2,1-2H3. The fourth-order valence-corrected chi connectivity index (χ4v) is 1.62. The Balaban J connectivity index is 2.52. The van der Waals surface area contributed by atoms with E-state index in [1.165, 1.54) is 0 Å². The fraction of sp³-hybridized carbons (Fsp3) is 0.462. The Morgan fingerprint density at radius 3 is 2.75 bits per heavy atom. The molecule has 0 amide bonds. The molecule has 0 radical (unpaired) electrons. The molecular formula is C13H18N2O. The van der Waals surface area contributed by atoms with Crippen LogP contribution in [0.5, 0.6) is 0 Å². The van der Waals surface area contributed by atoms with E-state index in [4.69, 9.17) is 10.00 Å². The number of para-hydroxylation sites is 1. The molecule has 1 aromatic carbocycles. The van der Waals surface area contributed by atoms with Crippen molar-refractivity contribution < 1.29 is 4.74 Å². The molecule has 0 N–H and O–H groups in total. The lowest BCUT2D eigenvalue weighted by molar-refractivity contribution is 0.193. The van der Waals surface area contributed by atoms with E-state index in [0.29, 0.717) is 0 Å². The first-order valence-corrected chi connectivity index (χ1v) is 5.48. The quantitative estimate of drug-likeness (QED) is 0.688. The summed E-state index contributed by atoms with van der Waals surface area (Å²) in [4.78, 5) is 2.12. The van der Waals surface area contributed by atoms with Crippen molar-refractivity contribution in [2.24, 2.45) is 0 Å². The zero-order valence-corrected chi connectivity index (χ0v) is 9.94. The van der Waals surface area contributed by atoms with E-state index < -0.39 is 0 Å². The SMILES string of the molecule is COCCCCN(C)c1ccccc1C#N. The Morgan fingerprint density at radius 2 is 2.06 bits per heavy atom. The largest absolute Gasteiger partial charge is 0.385 e. The molecular weight excluding hydrogens is 200 g/mol. The number of rotatable bonds is 6. The fourth-order valence-electron chi connectivity index (χ4n) is 1.62. The summed E-state index contributed by atoms with van der Waals surface area (Å²) in [5.74, 6) is 0. The molecule has 0 saturated heterocycles. The average molecular weight is 218 g/mol. The Kier molecular flexibility index (Phi) is 5.38. The molecule has 0 spiro atoms. The highest BCUT2D eigenvalue weighted by Crippen LogP contribution is 2.18. The molecule has 0 bridgehead atoms. The number of ether oxygens (including phenoxy) is 1. The Hall–Kier alpha value is -1.53. The smallest absolute Gasteiger partial charge is 0.101 e. The van der Waals surface area contributed by atoms with Gasteiger partial charge in [-0.25, -0.2) is 0 Å². The Bertz CT molecular complexity index is 357. The first-order valence-electron chi connectivity index (χ1n) is 5.48. The Morgan fingerprint density at radius 1 is 1.31 bits per heavy atom. The highest BCUT2D eigenvalue weighted by atomic mass is 16.5. The van der Waals surface area contributed by atoms with Gasteiger partial charge in [0, 0.05) is 27.3 Å². The van der Waals surface area contributed by atoms with Crippen LogP contribution in [0.1, 0.15) is 18.4 Å². The van der Waals surface area contributed by atoms with Gasteiger partial charge in [-0.05, 0) is 25.0 Å². The van der Waals surface area contributed by atoms with Gasteiger partial charge in [0.1, 0.15) is 6.07 Å². The van der Waals surface area contributed by atoms with Crippen LogP contribution in [0.3, 0.4) is 0 Å². The van der Waals surface area contributed by atoms with Gasteiger partial charge in [0.25, 0.3) is 0 Å². The highest BCUT2D eigenvalue weighted by Gasteiger charge is 2.05. The van der Waals surface area contributed by atoms with E-state index in [9.17, 15) is 0 Å². The van der Waals surface area contributed by atoms with Crippen molar-refractivity contribution in [3.8, 4) is 6.07 Å². The topological polar surface area (TPSA) is 36.3 Å². The van der Waals surface area contributed by atoms with Gasteiger partial charge >= 0.3 is 0 Å². The van der Waals surface area contributed by atoms with Crippen LogP contribution in [0, 0.1) is 11.3 Å². The molecule has 0 unspecified atom stereocenters. The van der Waals surface area contributed by atoms with Gasteiger partial charge in [0.2, 0.25) is 0 Å². The first kappa shape index (κ1) is 12.5. The summed E-state index contributed by atoms with van der Waals surface area (Å²) in [7, 11) is 3.73. The van der Waals surface area contributed by atoms with E-state index in [2.05, 4.69) is 11.0 Å². The number of methoxy groups -OCH3 is 1. The van der Waals surface area contributed by atoms with Gasteiger partial charge in [-0.2, -0.15) is 5.26 Å². The molecule has 16 heavy (non-hydrogen) atoms. The summed E-state index contributed by atoms with van der Waals surface area (Å²) < 4.78 is 5.00. The van der Waals surface area contributed by atoms with E-state index in [-0.39, 0.29) is 0 Å². The molecule has 0 saturated carbocycles. The first-order chi connectivity index (χ1) is 7.79. The van der Waals surface area contributed by atoms with Crippen molar-refractivity contribution in [2.45, 2.75) is 12.8 Å². The summed E-state index contributed by atoms with van der Waals surface area (Å²) in [5.41, 5.74) is 1.74. The predicted molar refractivity (Wildman–Crippen MR) is 65.5 cm³/mol. The third kappa shape index (κ3) is 3.56. The van der Waals surface area contributed by atoms with Crippen molar-refractivity contribution in [3.05, 3.63) is 29.8 Å². The average Bonchev–Trinajstić information content (AvgIpc) is 2.34. The molecule has 0 aromatic heterocycles. The lowest BCUT2D eigenvalue weighted by Gasteiger charge is -2.20. The number of nitrogens with zero attached hydrogens (tertiary/aromatic N) is 2. The molecule has 0 aliphatic carbocycles. The second-order valence-corrected chi connectivity index (χ2v) is 3.75. The second kappa shape index (κ2) is 6.86. The summed E-state index contributed by atoms with van der Waals surface area (Å²) in [6.45, 7) is 1.75. The monoisotopic (exact) mass is 218 g/mol. The van der Waals surface area contributed by atoms with E-state index in [0.717, 1.165) is 37.2 Å². The molecule has 3 heteroatoms. The van der Waals surface area contributed by atoms with Crippen LogP contribution in [-0.4, -0.2) is 27.3 Å². The van der Waals surface area contributed by atoms with E-state index in [1.54, 1.807) is 7.11 Å². The van der Waals surface area contributed by atoms with E-state index >= 15 is 0 Å². The van der Waals surface area contributed by atoms with Crippen LogP contribution in [0.4, 0.5) is 5.69 Å². The normalized spacial score (nSPS) is 9.81. The molecule has 1 aromatic rings. The maximum atomic E-state index is 8.98. The zero-order chi connectivity index (χ0) is 11.8. The molecule has 0 fully saturated rings. The van der Waals surface area contributed by atoms with Crippen molar-refractivity contribution >= 4 is 5.69 Å². The second-order valence-electron chi connectivity index (χ2n) is 3.75. The van der Waals surface area contributed by atoms with Crippen LogP contribution < -0.4 is 4.90 Å². The third-order valence-corrected chi connectivity index (χ3v) is 2.53. The van der Waals surface area contributed by atoms with Crippen LogP contribution in [0.25, 0.3) is 0 Å². The summed E-state index contributed by atoms with van der Waals surface area (Å²) in [6, 6.07) is 9.89. The third-order valence-electron chi connectivity index (χ3n) is 2.53. The maximum Gasteiger partial charge on any atom is 0.101 e. The lowest BCUT2D eigenvalue weighted by Crippen LogP contribution is -2.19.